The van der Waals surface area contributed by atoms with Crippen LogP contribution in [0.2, 0.25) is 0 Å². The van der Waals surface area contributed by atoms with Crippen LogP contribution in [0.1, 0.15) is 11.3 Å². The number of H-pyrrole nitrogens is 1. The van der Waals surface area contributed by atoms with E-state index in [1.165, 1.54) is 11.3 Å². The van der Waals surface area contributed by atoms with Gasteiger partial charge in [-0.25, -0.2) is 0 Å². The van der Waals surface area contributed by atoms with Crippen molar-refractivity contribution in [1.29, 1.82) is 0 Å². The lowest BCUT2D eigenvalue weighted by Gasteiger charge is -2.16. The number of aromatic amines is 1. The molecule has 0 aliphatic carbocycles. The second-order valence-corrected chi connectivity index (χ2v) is 4.29. The van der Waals surface area contributed by atoms with Gasteiger partial charge in [0.2, 0.25) is 0 Å². The molecule has 14 heavy (non-hydrogen) atoms. The minimum atomic E-state index is 0.0376. The number of hydrogen-bond donors (Lipinski definition) is 1. The second kappa shape index (κ2) is 2.93. The molecule has 0 aromatic carbocycles. The Balaban J connectivity index is 2.44. The number of aromatic nitrogens is 1. The number of thiophene rings is 1. The topological polar surface area (TPSA) is 42.1 Å². The Morgan fingerprint density at radius 1 is 1.50 bits per heavy atom. The Bertz CT molecular complexity index is 541. The Kier molecular flexibility index (Phi) is 1.72. The van der Waals surface area contributed by atoms with E-state index < -0.39 is 0 Å². The Morgan fingerprint density at radius 3 is 3.36 bits per heavy atom. The average Bonchev–Trinajstić information content (AvgIpc) is 2.67. The molecular weight excluding hydrogens is 198 g/mol. The highest BCUT2D eigenvalue weighted by molar-refractivity contribution is 7.17. The summed E-state index contributed by atoms with van der Waals surface area (Å²) in [6.45, 7) is 1.33. The zero-order valence-electron chi connectivity index (χ0n) is 7.50. The van der Waals surface area contributed by atoms with E-state index in [9.17, 15) is 4.79 Å². The molecule has 1 aliphatic rings. The van der Waals surface area contributed by atoms with Gasteiger partial charge in [-0.3, -0.25) is 4.79 Å². The van der Waals surface area contributed by atoms with Gasteiger partial charge in [0.05, 0.1) is 17.9 Å². The van der Waals surface area contributed by atoms with E-state index in [1.54, 1.807) is 0 Å². The van der Waals surface area contributed by atoms with Crippen LogP contribution in [0.5, 0.6) is 0 Å². The Hall–Kier alpha value is -1.13. The molecule has 1 N–H and O–H groups in total. The van der Waals surface area contributed by atoms with Crippen molar-refractivity contribution in [2.75, 3.05) is 6.61 Å². The first-order valence-corrected chi connectivity index (χ1v) is 5.43. The third kappa shape index (κ3) is 1.04. The fraction of sp³-hybridized carbons (Fsp3) is 0.300. The molecule has 3 nitrogen and oxygen atoms in total. The molecule has 0 spiro atoms. The molecule has 3 rings (SSSR count). The van der Waals surface area contributed by atoms with Gasteiger partial charge in [0.1, 0.15) is 0 Å². The van der Waals surface area contributed by atoms with Gasteiger partial charge in [-0.15, -0.1) is 11.3 Å². The molecule has 3 heterocycles. The van der Waals surface area contributed by atoms with Crippen molar-refractivity contribution in [2.45, 2.75) is 13.0 Å². The van der Waals surface area contributed by atoms with Crippen molar-refractivity contribution in [3.63, 3.8) is 0 Å². The van der Waals surface area contributed by atoms with E-state index in [1.807, 2.05) is 11.4 Å². The maximum absolute atomic E-state index is 11.6. The molecule has 0 fully saturated rings. The molecule has 0 bridgehead atoms. The standard InChI is InChI=1S/C10H9NO2S/c12-10-9-6(2-4-14-9)7-5-13-3-1-8(7)11-10/h2,4H,1,3,5H2,(H,11,12). The fourth-order valence-corrected chi connectivity index (χ4v) is 2.70. The van der Waals surface area contributed by atoms with Crippen LogP contribution in [-0.2, 0) is 17.8 Å². The summed E-state index contributed by atoms with van der Waals surface area (Å²) in [7, 11) is 0. The van der Waals surface area contributed by atoms with E-state index in [0.717, 1.165) is 27.8 Å². The van der Waals surface area contributed by atoms with Crippen LogP contribution < -0.4 is 5.56 Å². The SMILES string of the molecule is O=c1[nH]c2c(c3ccsc13)COCC2. The van der Waals surface area contributed by atoms with E-state index in [2.05, 4.69) is 4.98 Å². The lowest BCUT2D eigenvalue weighted by atomic mass is 10.1. The lowest BCUT2D eigenvalue weighted by molar-refractivity contribution is 0.110. The summed E-state index contributed by atoms with van der Waals surface area (Å²) in [5.41, 5.74) is 2.25. The monoisotopic (exact) mass is 207 g/mol. The highest BCUT2D eigenvalue weighted by Crippen LogP contribution is 2.25. The summed E-state index contributed by atoms with van der Waals surface area (Å²) in [6.07, 6.45) is 0.816. The highest BCUT2D eigenvalue weighted by Gasteiger charge is 2.15. The van der Waals surface area contributed by atoms with E-state index in [0.29, 0.717) is 13.2 Å². The maximum Gasteiger partial charge on any atom is 0.266 e. The van der Waals surface area contributed by atoms with Gasteiger partial charge in [-0.05, 0) is 11.4 Å². The molecule has 2 aromatic rings. The molecule has 1 aliphatic heterocycles. The van der Waals surface area contributed by atoms with Crippen molar-refractivity contribution in [3.05, 3.63) is 33.1 Å². The van der Waals surface area contributed by atoms with Crippen molar-refractivity contribution in [3.8, 4) is 0 Å². The molecule has 0 radical (unpaired) electrons. The van der Waals surface area contributed by atoms with Crippen LogP contribution in [0.25, 0.3) is 10.1 Å². The summed E-state index contributed by atoms with van der Waals surface area (Å²) >= 11 is 1.49. The van der Waals surface area contributed by atoms with Crippen LogP contribution in [-0.4, -0.2) is 11.6 Å². The number of rotatable bonds is 0. The summed E-state index contributed by atoms with van der Waals surface area (Å²) < 4.78 is 6.21. The van der Waals surface area contributed by atoms with Crippen molar-refractivity contribution in [1.82, 2.24) is 4.98 Å². The summed E-state index contributed by atoms with van der Waals surface area (Å²) in [5, 5.41) is 3.02. The molecule has 4 heteroatoms. The fourth-order valence-electron chi connectivity index (χ4n) is 1.88. The first-order chi connectivity index (χ1) is 6.86. The van der Waals surface area contributed by atoms with Gasteiger partial charge < -0.3 is 9.72 Å². The normalized spacial score (nSPS) is 15.7. The number of fused-ring (bicyclic) bond motifs is 3. The van der Waals surface area contributed by atoms with Crippen LogP contribution in [0.3, 0.4) is 0 Å². The van der Waals surface area contributed by atoms with E-state index in [-0.39, 0.29) is 5.56 Å². The molecule has 0 saturated carbocycles. The van der Waals surface area contributed by atoms with Crippen LogP contribution in [0, 0.1) is 0 Å². The highest BCUT2D eigenvalue weighted by atomic mass is 32.1. The summed E-state index contributed by atoms with van der Waals surface area (Å²) in [4.78, 5) is 14.6. The quantitative estimate of drug-likeness (QED) is 0.714. The number of hydrogen-bond acceptors (Lipinski definition) is 3. The van der Waals surface area contributed by atoms with Crippen LogP contribution in [0.4, 0.5) is 0 Å². The Labute approximate surface area is 84.3 Å². The molecule has 0 saturated heterocycles. The maximum atomic E-state index is 11.6. The summed E-state index contributed by atoms with van der Waals surface area (Å²) in [5.74, 6) is 0. The van der Waals surface area contributed by atoms with Crippen LogP contribution >= 0.6 is 11.3 Å². The predicted octanol–water partition coefficient (Wildman–Crippen LogP) is 1.66. The van der Waals surface area contributed by atoms with E-state index in [4.69, 9.17) is 4.74 Å². The van der Waals surface area contributed by atoms with Gasteiger partial charge in [0, 0.05) is 23.1 Å². The van der Waals surface area contributed by atoms with Gasteiger partial charge in [0.15, 0.2) is 0 Å². The third-order valence-electron chi connectivity index (χ3n) is 2.57. The number of pyridine rings is 1. The third-order valence-corrected chi connectivity index (χ3v) is 3.48. The van der Waals surface area contributed by atoms with Crippen molar-refractivity contribution >= 4 is 21.4 Å². The first-order valence-electron chi connectivity index (χ1n) is 4.55. The molecule has 0 atom stereocenters. The zero-order chi connectivity index (χ0) is 9.54. The molecule has 0 amide bonds. The van der Waals surface area contributed by atoms with E-state index >= 15 is 0 Å². The molecule has 2 aromatic heterocycles. The minimum absolute atomic E-state index is 0.0376. The van der Waals surface area contributed by atoms with Crippen molar-refractivity contribution < 1.29 is 4.74 Å². The zero-order valence-corrected chi connectivity index (χ0v) is 8.32. The number of nitrogens with one attached hydrogen (secondary N) is 1. The lowest BCUT2D eigenvalue weighted by Crippen LogP contribution is -2.18. The molecule has 0 unspecified atom stereocenters. The van der Waals surface area contributed by atoms with Gasteiger partial charge in [-0.1, -0.05) is 0 Å². The predicted molar refractivity (Wildman–Crippen MR) is 55.8 cm³/mol. The Morgan fingerprint density at radius 2 is 2.43 bits per heavy atom. The number of ether oxygens (including phenoxy) is 1. The average molecular weight is 207 g/mol. The molecular formula is C10H9NO2S. The molecule has 72 valence electrons. The van der Waals surface area contributed by atoms with Gasteiger partial charge in [0.25, 0.3) is 5.56 Å². The summed E-state index contributed by atoms with van der Waals surface area (Å²) in [6, 6.07) is 2.00. The van der Waals surface area contributed by atoms with Gasteiger partial charge >= 0.3 is 0 Å². The van der Waals surface area contributed by atoms with Crippen LogP contribution in [0.15, 0.2) is 16.2 Å². The largest absolute Gasteiger partial charge is 0.376 e. The smallest absolute Gasteiger partial charge is 0.266 e. The second-order valence-electron chi connectivity index (χ2n) is 3.38. The van der Waals surface area contributed by atoms with Crippen molar-refractivity contribution in [2.24, 2.45) is 0 Å². The minimum Gasteiger partial charge on any atom is -0.376 e. The first kappa shape index (κ1) is 8.20. The van der Waals surface area contributed by atoms with Gasteiger partial charge in [-0.2, -0.15) is 0 Å².